The number of benzene rings is 2. The Morgan fingerprint density at radius 1 is 1.14 bits per heavy atom. The van der Waals surface area contributed by atoms with E-state index in [0.29, 0.717) is 28.8 Å². The molecule has 0 unspecified atom stereocenters. The summed E-state index contributed by atoms with van der Waals surface area (Å²) in [6, 6.07) is 14.0. The van der Waals surface area contributed by atoms with Gasteiger partial charge in [-0.15, -0.1) is 0 Å². The van der Waals surface area contributed by atoms with Gasteiger partial charge in [0.2, 0.25) is 5.43 Å². The first kappa shape index (κ1) is 14.1. The van der Waals surface area contributed by atoms with Gasteiger partial charge in [-0.05, 0) is 25.1 Å². The van der Waals surface area contributed by atoms with Crippen LogP contribution in [0.5, 0.6) is 5.75 Å². The monoisotopic (exact) mass is 293 g/mol. The zero-order valence-corrected chi connectivity index (χ0v) is 12.1. The summed E-state index contributed by atoms with van der Waals surface area (Å²) in [6.07, 6.45) is 1.47. The molecule has 1 aromatic heterocycles. The molecule has 3 aromatic rings. The molecular formula is C18H15NO3. The van der Waals surface area contributed by atoms with Gasteiger partial charge in [0, 0.05) is 22.7 Å². The summed E-state index contributed by atoms with van der Waals surface area (Å²) in [5.41, 5.74) is 1.02. The molecule has 0 bridgehead atoms. The molecule has 0 radical (unpaired) electrons. The van der Waals surface area contributed by atoms with Crippen molar-refractivity contribution in [2.75, 3.05) is 6.61 Å². The number of fused-ring (bicyclic) bond motifs is 1. The Balaban J connectivity index is 2.13. The van der Waals surface area contributed by atoms with Crippen LogP contribution in [0, 0.1) is 0 Å². The van der Waals surface area contributed by atoms with Crippen LogP contribution < -0.4 is 10.2 Å². The lowest BCUT2D eigenvalue weighted by molar-refractivity contribution is 0.103. The van der Waals surface area contributed by atoms with Crippen molar-refractivity contribution in [1.82, 2.24) is 4.98 Å². The van der Waals surface area contributed by atoms with Gasteiger partial charge < -0.3 is 9.72 Å². The van der Waals surface area contributed by atoms with Gasteiger partial charge in [-0.1, -0.05) is 30.3 Å². The molecule has 0 spiro atoms. The lowest BCUT2D eigenvalue weighted by Crippen LogP contribution is -2.16. The highest BCUT2D eigenvalue weighted by atomic mass is 16.5. The van der Waals surface area contributed by atoms with Gasteiger partial charge in [0.1, 0.15) is 5.75 Å². The van der Waals surface area contributed by atoms with Crippen LogP contribution in [0.4, 0.5) is 0 Å². The molecule has 0 aliphatic carbocycles. The van der Waals surface area contributed by atoms with Gasteiger partial charge in [-0.2, -0.15) is 0 Å². The average Bonchev–Trinajstić information content (AvgIpc) is 2.56. The summed E-state index contributed by atoms with van der Waals surface area (Å²) < 4.78 is 5.42. The van der Waals surface area contributed by atoms with Crippen LogP contribution in [0.1, 0.15) is 22.8 Å². The summed E-state index contributed by atoms with van der Waals surface area (Å²) in [5.74, 6) is 0.329. The Morgan fingerprint density at radius 3 is 2.64 bits per heavy atom. The number of carbonyl (C=O) groups is 1. The van der Waals surface area contributed by atoms with E-state index >= 15 is 0 Å². The first-order valence-electron chi connectivity index (χ1n) is 7.08. The van der Waals surface area contributed by atoms with Crippen molar-refractivity contribution in [3.05, 3.63) is 76.1 Å². The fourth-order valence-electron chi connectivity index (χ4n) is 2.37. The Morgan fingerprint density at radius 2 is 1.91 bits per heavy atom. The summed E-state index contributed by atoms with van der Waals surface area (Å²) in [5, 5.41) is 0.452. The SMILES string of the molecule is CCOc1ccc2[nH]cc(C(=O)c3ccccc3)c(=O)c2c1. The molecule has 0 saturated carbocycles. The number of nitrogens with one attached hydrogen (secondary N) is 1. The molecule has 1 heterocycles. The molecule has 22 heavy (non-hydrogen) atoms. The largest absolute Gasteiger partial charge is 0.494 e. The van der Waals surface area contributed by atoms with Gasteiger partial charge >= 0.3 is 0 Å². The van der Waals surface area contributed by atoms with Gasteiger partial charge in [-0.25, -0.2) is 0 Å². The molecule has 0 fully saturated rings. The van der Waals surface area contributed by atoms with Gasteiger partial charge in [0.05, 0.1) is 12.2 Å². The van der Waals surface area contributed by atoms with E-state index in [9.17, 15) is 9.59 Å². The standard InChI is InChI=1S/C18H15NO3/c1-2-22-13-8-9-16-14(10-13)18(21)15(11-19-16)17(20)12-6-4-3-5-7-12/h3-11H,2H2,1H3,(H,19,21). The normalized spacial score (nSPS) is 10.6. The van der Waals surface area contributed by atoms with E-state index in [4.69, 9.17) is 4.74 Å². The molecule has 3 rings (SSSR count). The fraction of sp³-hybridized carbons (Fsp3) is 0.111. The second kappa shape index (κ2) is 5.85. The zero-order chi connectivity index (χ0) is 15.5. The number of ether oxygens (including phenoxy) is 1. The molecule has 0 saturated heterocycles. The summed E-state index contributed by atoms with van der Waals surface area (Å²) in [4.78, 5) is 28.1. The second-order valence-electron chi connectivity index (χ2n) is 4.87. The number of rotatable bonds is 4. The summed E-state index contributed by atoms with van der Waals surface area (Å²) in [6.45, 7) is 2.40. The van der Waals surface area contributed by atoms with Crippen molar-refractivity contribution in [3.8, 4) is 5.75 Å². The second-order valence-corrected chi connectivity index (χ2v) is 4.87. The van der Waals surface area contributed by atoms with Crippen LogP contribution in [0.2, 0.25) is 0 Å². The third-order valence-corrected chi connectivity index (χ3v) is 3.44. The minimum absolute atomic E-state index is 0.132. The van der Waals surface area contributed by atoms with Crippen LogP contribution in [-0.2, 0) is 0 Å². The quantitative estimate of drug-likeness (QED) is 0.752. The van der Waals surface area contributed by atoms with Gasteiger partial charge in [-0.3, -0.25) is 9.59 Å². The molecule has 0 atom stereocenters. The Bertz CT molecular complexity index is 882. The lowest BCUT2D eigenvalue weighted by atomic mass is 10.0. The number of ketones is 1. The van der Waals surface area contributed by atoms with E-state index in [1.807, 2.05) is 13.0 Å². The van der Waals surface area contributed by atoms with Crippen LogP contribution in [0.15, 0.2) is 59.5 Å². The highest BCUT2D eigenvalue weighted by Crippen LogP contribution is 2.18. The van der Waals surface area contributed by atoms with E-state index in [1.165, 1.54) is 6.20 Å². The first-order valence-corrected chi connectivity index (χ1v) is 7.08. The van der Waals surface area contributed by atoms with Crippen molar-refractivity contribution >= 4 is 16.7 Å². The Kier molecular flexibility index (Phi) is 3.74. The third-order valence-electron chi connectivity index (χ3n) is 3.44. The molecule has 0 aliphatic heterocycles. The number of hydrogen-bond acceptors (Lipinski definition) is 3. The number of aromatic amines is 1. The zero-order valence-electron chi connectivity index (χ0n) is 12.1. The minimum atomic E-state index is -0.288. The highest BCUT2D eigenvalue weighted by molar-refractivity contribution is 6.10. The Labute approximate surface area is 127 Å². The maximum Gasteiger partial charge on any atom is 0.200 e. The van der Waals surface area contributed by atoms with E-state index in [2.05, 4.69) is 4.98 Å². The predicted octanol–water partition coefficient (Wildman–Crippen LogP) is 3.16. The first-order chi connectivity index (χ1) is 10.7. The summed E-state index contributed by atoms with van der Waals surface area (Å²) in [7, 11) is 0. The number of H-pyrrole nitrogens is 1. The molecule has 4 heteroatoms. The van der Waals surface area contributed by atoms with E-state index in [0.717, 1.165) is 0 Å². The highest BCUT2D eigenvalue weighted by Gasteiger charge is 2.15. The van der Waals surface area contributed by atoms with E-state index in [1.54, 1.807) is 42.5 Å². The maximum atomic E-state index is 12.6. The van der Waals surface area contributed by atoms with Crippen LogP contribution in [0.25, 0.3) is 10.9 Å². The molecule has 2 aromatic carbocycles. The lowest BCUT2D eigenvalue weighted by Gasteiger charge is -2.06. The molecule has 0 aliphatic rings. The van der Waals surface area contributed by atoms with Gasteiger partial charge in [0.15, 0.2) is 5.78 Å². The number of pyridine rings is 1. The molecule has 1 N–H and O–H groups in total. The number of aromatic nitrogens is 1. The Hall–Kier alpha value is -2.88. The van der Waals surface area contributed by atoms with E-state index < -0.39 is 0 Å². The van der Waals surface area contributed by atoms with Crippen molar-refractivity contribution in [2.24, 2.45) is 0 Å². The fourth-order valence-corrected chi connectivity index (χ4v) is 2.37. The predicted molar refractivity (Wildman–Crippen MR) is 85.6 cm³/mol. The van der Waals surface area contributed by atoms with Crippen molar-refractivity contribution in [1.29, 1.82) is 0 Å². The maximum absolute atomic E-state index is 12.6. The van der Waals surface area contributed by atoms with Crippen LogP contribution in [0.3, 0.4) is 0 Å². The van der Waals surface area contributed by atoms with Gasteiger partial charge in [0.25, 0.3) is 0 Å². The smallest absolute Gasteiger partial charge is 0.200 e. The molecule has 0 amide bonds. The number of hydrogen-bond donors (Lipinski definition) is 1. The number of carbonyl (C=O) groups excluding carboxylic acids is 1. The average molecular weight is 293 g/mol. The third kappa shape index (κ3) is 2.51. The van der Waals surface area contributed by atoms with Crippen LogP contribution in [-0.4, -0.2) is 17.4 Å². The van der Waals surface area contributed by atoms with Crippen molar-refractivity contribution < 1.29 is 9.53 Å². The van der Waals surface area contributed by atoms with Crippen molar-refractivity contribution in [2.45, 2.75) is 6.92 Å². The molecular weight excluding hydrogens is 278 g/mol. The van der Waals surface area contributed by atoms with Crippen LogP contribution >= 0.6 is 0 Å². The van der Waals surface area contributed by atoms with E-state index in [-0.39, 0.29) is 16.8 Å². The topological polar surface area (TPSA) is 59.2 Å². The molecule has 110 valence electrons. The van der Waals surface area contributed by atoms with Crippen molar-refractivity contribution in [3.63, 3.8) is 0 Å². The summed E-state index contributed by atoms with van der Waals surface area (Å²) >= 11 is 0. The minimum Gasteiger partial charge on any atom is -0.494 e. The molecule has 4 nitrogen and oxygen atoms in total.